The Kier molecular flexibility index (Phi) is 3.99. The molecule has 17 heavy (non-hydrogen) atoms. The van der Waals surface area contributed by atoms with Crippen molar-refractivity contribution in [3.05, 3.63) is 35.4 Å². The zero-order valence-electron chi connectivity index (χ0n) is 9.33. The number of rotatable bonds is 2. The zero-order chi connectivity index (χ0) is 12.3. The van der Waals surface area contributed by atoms with Gasteiger partial charge in [-0.3, -0.25) is 4.90 Å². The van der Waals surface area contributed by atoms with Gasteiger partial charge >= 0.3 is 6.18 Å². The van der Waals surface area contributed by atoms with Crippen molar-refractivity contribution in [2.24, 2.45) is 0 Å². The number of nitrogens with zero attached hydrogens (tertiary/aromatic N) is 1. The SMILES string of the molecule is FC(F)(F)c1ccc(CN2CCSCC2)cc1. The zero-order valence-corrected chi connectivity index (χ0v) is 10.2. The molecule has 0 spiro atoms. The number of alkyl halides is 3. The molecule has 1 fully saturated rings. The van der Waals surface area contributed by atoms with Crippen LogP contribution in [0.3, 0.4) is 0 Å². The van der Waals surface area contributed by atoms with E-state index in [-0.39, 0.29) is 0 Å². The number of thioether (sulfide) groups is 1. The minimum atomic E-state index is -4.24. The van der Waals surface area contributed by atoms with E-state index < -0.39 is 11.7 Å². The van der Waals surface area contributed by atoms with E-state index in [9.17, 15) is 13.2 Å². The molecule has 1 saturated heterocycles. The van der Waals surface area contributed by atoms with Crippen LogP contribution in [0, 0.1) is 0 Å². The van der Waals surface area contributed by atoms with Crippen molar-refractivity contribution in [2.45, 2.75) is 12.7 Å². The van der Waals surface area contributed by atoms with Crippen LogP contribution in [-0.4, -0.2) is 29.5 Å². The second kappa shape index (κ2) is 5.31. The van der Waals surface area contributed by atoms with Gasteiger partial charge in [0.15, 0.2) is 0 Å². The van der Waals surface area contributed by atoms with Gasteiger partial charge in [0, 0.05) is 31.1 Å². The maximum atomic E-state index is 12.4. The summed E-state index contributed by atoms with van der Waals surface area (Å²) in [5.41, 5.74) is 0.375. The van der Waals surface area contributed by atoms with E-state index in [4.69, 9.17) is 0 Å². The minimum Gasteiger partial charge on any atom is -0.297 e. The van der Waals surface area contributed by atoms with E-state index in [0.717, 1.165) is 48.8 Å². The molecule has 0 saturated carbocycles. The highest BCUT2D eigenvalue weighted by molar-refractivity contribution is 7.99. The standard InChI is InChI=1S/C12H14F3NS/c13-12(14,15)11-3-1-10(2-4-11)9-16-5-7-17-8-6-16/h1-4H,5-9H2. The first-order chi connectivity index (χ1) is 8.05. The Balaban J connectivity index is 1.98. The van der Waals surface area contributed by atoms with Crippen LogP contribution in [0.15, 0.2) is 24.3 Å². The van der Waals surface area contributed by atoms with E-state index in [1.54, 1.807) is 12.1 Å². The normalized spacial score (nSPS) is 18.3. The van der Waals surface area contributed by atoms with Crippen LogP contribution >= 0.6 is 11.8 Å². The summed E-state index contributed by atoms with van der Waals surface area (Å²) in [6.07, 6.45) is -4.24. The molecule has 0 radical (unpaired) electrons. The van der Waals surface area contributed by atoms with Crippen molar-refractivity contribution in [3.8, 4) is 0 Å². The predicted molar refractivity (Wildman–Crippen MR) is 64.0 cm³/mol. The molecule has 2 rings (SSSR count). The average molecular weight is 261 g/mol. The maximum Gasteiger partial charge on any atom is 0.416 e. The first-order valence-corrected chi connectivity index (χ1v) is 6.67. The van der Waals surface area contributed by atoms with Crippen molar-refractivity contribution in [1.29, 1.82) is 0 Å². The lowest BCUT2D eigenvalue weighted by molar-refractivity contribution is -0.137. The van der Waals surface area contributed by atoms with Crippen LogP contribution in [0.25, 0.3) is 0 Å². The number of benzene rings is 1. The lowest BCUT2D eigenvalue weighted by atomic mass is 10.1. The van der Waals surface area contributed by atoms with Crippen molar-refractivity contribution in [2.75, 3.05) is 24.6 Å². The van der Waals surface area contributed by atoms with E-state index in [1.807, 2.05) is 11.8 Å². The second-order valence-electron chi connectivity index (χ2n) is 4.08. The van der Waals surface area contributed by atoms with Crippen molar-refractivity contribution >= 4 is 11.8 Å². The molecule has 1 aliphatic rings. The van der Waals surface area contributed by atoms with Gasteiger partial charge in [-0.25, -0.2) is 0 Å². The summed E-state index contributed by atoms with van der Waals surface area (Å²) in [7, 11) is 0. The highest BCUT2D eigenvalue weighted by Gasteiger charge is 2.29. The molecule has 1 aliphatic heterocycles. The van der Waals surface area contributed by atoms with Gasteiger partial charge in [0.1, 0.15) is 0 Å². The fourth-order valence-corrected chi connectivity index (χ4v) is 2.80. The van der Waals surface area contributed by atoms with E-state index in [2.05, 4.69) is 4.90 Å². The molecule has 0 N–H and O–H groups in total. The van der Waals surface area contributed by atoms with Crippen LogP contribution in [0.5, 0.6) is 0 Å². The monoisotopic (exact) mass is 261 g/mol. The summed E-state index contributed by atoms with van der Waals surface area (Å²) in [6.45, 7) is 2.79. The minimum absolute atomic E-state index is 0.574. The molecule has 1 nitrogen and oxygen atoms in total. The Hall–Kier alpha value is -0.680. The van der Waals surface area contributed by atoms with Gasteiger partial charge in [-0.05, 0) is 17.7 Å². The van der Waals surface area contributed by atoms with Crippen LogP contribution < -0.4 is 0 Å². The molecular formula is C12H14F3NS. The molecule has 94 valence electrons. The second-order valence-corrected chi connectivity index (χ2v) is 5.31. The van der Waals surface area contributed by atoms with E-state index in [1.165, 1.54) is 0 Å². The Morgan fingerprint density at radius 1 is 1.06 bits per heavy atom. The average Bonchev–Trinajstić information content (AvgIpc) is 2.30. The fourth-order valence-electron chi connectivity index (χ4n) is 1.82. The Labute approximate surface area is 103 Å². The number of halogens is 3. The number of hydrogen-bond acceptors (Lipinski definition) is 2. The molecule has 1 aromatic rings. The van der Waals surface area contributed by atoms with Crippen LogP contribution in [0.1, 0.15) is 11.1 Å². The van der Waals surface area contributed by atoms with E-state index >= 15 is 0 Å². The topological polar surface area (TPSA) is 3.24 Å². The van der Waals surface area contributed by atoms with Crippen LogP contribution in [0.4, 0.5) is 13.2 Å². The Morgan fingerprint density at radius 2 is 1.65 bits per heavy atom. The van der Waals surface area contributed by atoms with Gasteiger partial charge in [0.2, 0.25) is 0 Å². The van der Waals surface area contributed by atoms with Gasteiger partial charge < -0.3 is 0 Å². The van der Waals surface area contributed by atoms with Gasteiger partial charge in [0.05, 0.1) is 5.56 Å². The summed E-state index contributed by atoms with van der Waals surface area (Å²) in [5.74, 6) is 2.22. The maximum absolute atomic E-state index is 12.4. The molecule has 0 aliphatic carbocycles. The summed E-state index contributed by atoms with van der Waals surface area (Å²) in [4.78, 5) is 2.28. The summed E-state index contributed by atoms with van der Waals surface area (Å²) >= 11 is 1.92. The van der Waals surface area contributed by atoms with Crippen molar-refractivity contribution in [3.63, 3.8) is 0 Å². The lowest BCUT2D eigenvalue weighted by Crippen LogP contribution is -2.31. The third kappa shape index (κ3) is 3.64. The largest absolute Gasteiger partial charge is 0.416 e. The Morgan fingerprint density at radius 3 is 2.18 bits per heavy atom. The van der Waals surface area contributed by atoms with Crippen molar-refractivity contribution in [1.82, 2.24) is 4.90 Å². The van der Waals surface area contributed by atoms with Crippen molar-refractivity contribution < 1.29 is 13.2 Å². The highest BCUT2D eigenvalue weighted by atomic mass is 32.2. The van der Waals surface area contributed by atoms with E-state index in [0.29, 0.717) is 0 Å². The molecular weight excluding hydrogens is 247 g/mol. The summed E-state index contributed by atoms with van der Waals surface area (Å²) in [6, 6.07) is 5.47. The molecule has 0 amide bonds. The van der Waals surface area contributed by atoms with Gasteiger partial charge in [-0.2, -0.15) is 24.9 Å². The first-order valence-electron chi connectivity index (χ1n) is 5.52. The summed E-state index contributed by atoms with van der Waals surface area (Å²) in [5, 5.41) is 0. The molecule has 0 aromatic heterocycles. The van der Waals surface area contributed by atoms with Gasteiger partial charge in [0.25, 0.3) is 0 Å². The quantitative estimate of drug-likeness (QED) is 0.804. The summed E-state index contributed by atoms with van der Waals surface area (Å²) < 4.78 is 37.1. The third-order valence-electron chi connectivity index (χ3n) is 2.79. The van der Waals surface area contributed by atoms with Crippen LogP contribution in [-0.2, 0) is 12.7 Å². The Bertz CT molecular complexity index is 355. The predicted octanol–water partition coefficient (Wildman–Crippen LogP) is 3.25. The highest BCUT2D eigenvalue weighted by Crippen LogP contribution is 2.29. The smallest absolute Gasteiger partial charge is 0.297 e. The third-order valence-corrected chi connectivity index (χ3v) is 3.73. The van der Waals surface area contributed by atoms with Gasteiger partial charge in [-0.1, -0.05) is 12.1 Å². The molecule has 1 aromatic carbocycles. The molecule has 0 bridgehead atoms. The lowest BCUT2D eigenvalue weighted by Gasteiger charge is -2.26. The van der Waals surface area contributed by atoms with Gasteiger partial charge in [-0.15, -0.1) is 0 Å². The molecule has 0 unspecified atom stereocenters. The van der Waals surface area contributed by atoms with Crippen LogP contribution in [0.2, 0.25) is 0 Å². The molecule has 1 heterocycles. The molecule has 5 heteroatoms. The number of hydrogen-bond donors (Lipinski definition) is 0. The molecule has 0 atom stereocenters. The fraction of sp³-hybridized carbons (Fsp3) is 0.500. The first kappa shape index (κ1) is 12.8.